The molecule has 0 atom stereocenters. The zero-order chi connectivity index (χ0) is 17.4. The third-order valence-electron chi connectivity index (χ3n) is 4.13. The average Bonchev–Trinajstić information content (AvgIpc) is 2.97. The molecule has 0 aliphatic carbocycles. The lowest BCUT2D eigenvalue weighted by Gasteiger charge is -2.09. The largest absolute Gasteiger partial charge is 0.328 e. The van der Waals surface area contributed by atoms with Gasteiger partial charge in [0.05, 0.1) is 0 Å². The van der Waals surface area contributed by atoms with Gasteiger partial charge >= 0.3 is 6.03 Å². The molecular formula is C18H18BrN3O2. The Morgan fingerprint density at radius 3 is 2.42 bits per heavy atom. The number of urea groups is 1. The molecule has 124 valence electrons. The maximum atomic E-state index is 12.2. The first-order chi connectivity index (χ1) is 11.4. The number of benzene rings is 1. The number of carbonyl (C=O) groups is 2. The van der Waals surface area contributed by atoms with Crippen LogP contribution in [-0.2, 0) is 4.79 Å². The van der Waals surface area contributed by atoms with Gasteiger partial charge in [0.1, 0.15) is 5.70 Å². The summed E-state index contributed by atoms with van der Waals surface area (Å²) in [7, 11) is 0. The smallest absolute Gasteiger partial charge is 0.318 e. The predicted octanol–water partition coefficient (Wildman–Crippen LogP) is 3.77. The Bertz CT molecular complexity index is 850. The maximum Gasteiger partial charge on any atom is 0.328 e. The molecule has 1 aromatic heterocycles. The molecule has 2 aromatic rings. The van der Waals surface area contributed by atoms with Crippen molar-refractivity contribution in [3.8, 4) is 5.69 Å². The number of nitrogens with one attached hydrogen (secondary N) is 1. The second-order valence-electron chi connectivity index (χ2n) is 5.68. The first kappa shape index (κ1) is 16.5. The van der Waals surface area contributed by atoms with Crippen molar-refractivity contribution in [3.63, 3.8) is 0 Å². The lowest BCUT2D eigenvalue weighted by Crippen LogP contribution is -2.30. The van der Waals surface area contributed by atoms with Crippen LogP contribution in [0.5, 0.6) is 0 Å². The number of carbonyl (C=O) groups excluding carboxylic acids is 2. The van der Waals surface area contributed by atoms with E-state index in [-0.39, 0.29) is 11.9 Å². The topological polar surface area (TPSA) is 54.3 Å². The molecule has 0 bridgehead atoms. The lowest BCUT2D eigenvalue weighted by molar-refractivity contribution is -0.122. The molecule has 1 aromatic carbocycles. The first-order valence-electron chi connectivity index (χ1n) is 7.71. The van der Waals surface area contributed by atoms with Gasteiger partial charge in [-0.2, -0.15) is 0 Å². The summed E-state index contributed by atoms with van der Waals surface area (Å²) in [6, 6.07) is 9.69. The molecule has 2 heterocycles. The minimum Gasteiger partial charge on any atom is -0.318 e. The molecule has 1 saturated heterocycles. The monoisotopic (exact) mass is 387 g/mol. The van der Waals surface area contributed by atoms with Crippen molar-refractivity contribution in [2.45, 2.75) is 20.8 Å². The first-order valence-corrected chi connectivity index (χ1v) is 8.51. The van der Waals surface area contributed by atoms with Gasteiger partial charge in [0.15, 0.2) is 0 Å². The molecule has 3 rings (SSSR count). The van der Waals surface area contributed by atoms with E-state index in [2.05, 4.69) is 25.8 Å². The molecule has 0 saturated carbocycles. The number of aryl methyl sites for hydroxylation is 1. The van der Waals surface area contributed by atoms with Gasteiger partial charge in [-0.05, 0) is 62.7 Å². The maximum absolute atomic E-state index is 12.2. The summed E-state index contributed by atoms with van der Waals surface area (Å²) in [5.41, 5.74) is 4.36. The van der Waals surface area contributed by atoms with Crippen molar-refractivity contribution in [1.29, 1.82) is 0 Å². The summed E-state index contributed by atoms with van der Waals surface area (Å²) in [5, 5.41) is 2.64. The number of hydrogen-bond acceptors (Lipinski definition) is 2. The van der Waals surface area contributed by atoms with Gasteiger partial charge < -0.3 is 9.88 Å². The van der Waals surface area contributed by atoms with Crippen molar-refractivity contribution in [3.05, 3.63) is 57.5 Å². The van der Waals surface area contributed by atoms with Gasteiger partial charge in [0.25, 0.3) is 5.91 Å². The second kappa shape index (κ2) is 6.28. The molecule has 24 heavy (non-hydrogen) atoms. The number of nitrogens with zero attached hydrogens (tertiary/aromatic N) is 2. The second-order valence-corrected chi connectivity index (χ2v) is 6.59. The molecule has 0 spiro atoms. The van der Waals surface area contributed by atoms with Gasteiger partial charge in [-0.25, -0.2) is 4.79 Å². The molecule has 0 unspecified atom stereocenters. The summed E-state index contributed by atoms with van der Waals surface area (Å²) in [4.78, 5) is 25.2. The lowest BCUT2D eigenvalue weighted by atomic mass is 10.2. The van der Waals surface area contributed by atoms with Crippen LogP contribution in [-0.4, -0.2) is 28.0 Å². The summed E-state index contributed by atoms with van der Waals surface area (Å²) in [5.74, 6) is -0.282. The van der Waals surface area contributed by atoms with Gasteiger partial charge in [-0.3, -0.25) is 9.69 Å². The van der Waals surface area contributed by atoms with Crippen LogP contribution in [0.2, 0.25) is 0 Å². The minimum atomic E-state index is -0.365. The van der Waals surface area contributed by atoms with Gasteiger partial charge in [0, 0.05) is 28.1 Å². The third-order valence-corrected chi connectivity index (χ3v) is 4.66. The van der Waals surface area contributed by atoms with Crippen LogP contribution in [0.3, 0.4) is 0 Å². The van der Waals surface area contributed by atoms with E-state index in [9.17, 15) is 9.59 Å². The number of halogens is 1. The molecule has 0 radical (unpaired) electrons. The van der Waals surface area contributed by atoms with E-state index in [1.807, 2.05) is 44.2 Å². The van der Waals surface area contributed by atoms with Crippen LogP contribution in [0.25, 0.3) is 11.8 Å². The summed E-state index contributed by atoms with van der Waals surface area (Å²) >= 11 is 3.44. The number of imide groups is 1. The van der Waals surface area contributed by atoms with Crippen LogP contribution in [0.4, 0.5) is 4.79 Å². The Morgan fingerprint density at radius 1 is 1.17 bits per heavy atom. The van der Waals surface area contributed by atoms with E-state index in [4.69, 9.17) is 0 Å². The number of amides is 3. The van der Waals surface area contributed by atoms with Crippen LogP contribution in [0.15, 0.2) is 40.5 Å². The van der Waals surface area contributed by atoms with Gasteiger partial charge in [-0.15, -0.1) is 0 Å². The Kier molecular flexibility index (Phi) is 4.32. The van der Waals surface area contributed by atoms with Gasteiger partial charge in [0.2, 0.25) is 0 Å². The molecule has 5 nitrogen and oxygen atoms in total. The molecule has 6 heteroatoms. The van der Waals surface area contributed by atoms with Crippen LogP contribution < -0.4 is 5.32 Å². The Hall–Kier alpha value is -2.34. The van der Waals surface area contributed by atoms with E-state index in [0.717, 1.165) is 27.1 Å². The van der Waals surface area contributed by atoms with Crippen LogP contribution in [0, 0.1) is 13.8 Å². The summed E-state index contributed by atoms with van der Waals surface area (Å²) in [6.45, 7) is 6.16. The van der Waals surface area contributed by atoms with Gasteiger partial charge in [-0.1, -0.05) is 15.9 Å². The minimum absolute atomic E-state index is 0.282. The van der Waals surface area contributed by atoms with Crippen molar-refractivity contribution in [1.82, 2.24) is 14.8 Å². The van der Waals surface area contributed by atoms with E-state index in [0.29, 0.717) is 12.2 Å². The fourth-order valence-corrected chi connectivity index (χ4v) is 3.20. The number of hydrogen-bond donors (Lipinski definition) is 1. The van der Waals surface area contributed by atoms with E-state index in [1.54, 1.807) is 13.0 Å². The zero-order valence-corrected chi connectivity index (χ0v) is 15.3. The Labute approximate surface area is 149 Å². The quantitative estimate of drug-likeness (QED) is 0.643. The number of rotatable bonds is 3. The number of aromatic nitrogens is 1. The van der Waals surface area contributed by atoms with E-state index < -0.39 is 0 Å². The Balaban J connectivity index is 2.01. The predicted molar refractivity (Wildman–Crippen MR) is 96.8 cm³/mol. The van der Waals surface area contributed by atoms with E-state index in [1.165, 1.54) is 4.90 Å². The van der Waals surface area contributed by atoms with Crippen LogP contribution >= 0.6 is 15.9 Å². The fraction of sp³-hybridized carbons (Fsp3) is 0.222. The fourth-order valence-electron chi connectivity index (χ4n) is 2.94. The zero-order valence-electron chi connectivity index (χ0n) is 13.8. The van der Waals surface area contributed by atoms with Crippen molar-refractivity contribution in [2.24, 2.45) is 0 Å². The van der Waals surface area contributed by atoms with Crippen molar-refractivity contribution >= 4 is 33.9 Å². The summed E-state index contributed by atoms with van der Waals surface area (Å²) in [6.07, 6.45) is 1.74. The molecular weight excluding hydrogens is 370 g/mol. The SMILES string of the molecule is CCN1C(=O)NC(=Cc2cc(C)n(-c3ccc(Br)cc3)c2C)C1=O. The van der Waals surface area contributed by atoms with Crippen molar-refractivity contribution < 1.29 is 9.59 Å². The Morgan fingerprint density at radius 2 is 1.83 bits per heavy atom. The highest BCUT2D eigenvalue weighted by atomic mass is 79.9. The molecule has 1 aliphatic rings. The highest BCUT2D eigenvalue weighted by Crippen LogP contribution is 2.24. The van der Waals surface area contributed by atoms with Crippen molar-refractivity contribution in [2.75, 3.05) is 6.54 Å². The normalized spacial score (nSPS) is 16.2. The molecule has 1 fully saturated rings. The van der Waals surface area contributed by atoms with E-state index >= 15 is 0 Å². The molecule has 3 amide bonds. The molecule has 1 aliphatic heterocycles. The van der Waals surface area contributed by atoms with Crippen LogP contribution in [0.1, 0.15) is 23.9 Å². The molecule has 1 N–H and O–H groups in total. The highest BCUT2D eigenvalue weighted by Gasteiger charge is 2.32. The average molecular weight is 388 g/mol. The highest BCUT2D eigenvalue weighted by molar-refractivity contribution is 9.10. The third kappa shape index (κ3) is 2.78. The number of likely N-dealkylation sites (N-methyl/N-ethyl adjacent to an activating group) is 1. The standard InChI is InChI=1S/C18H18BrN3O2/c1-4-21-17(23)16(20-18(21)24)10-13-9-11(2)22(12(13)3)15-7-5-14(19)6-8-15/h5-10H,4H2,1-3H3,(H,20,24). The summed E-state index contributed by atoms with van der Waals surface area (Å²) < 4.78 is 3.15.